The van der Waals surface area contributed by atoms with E-state index in [1.807, 2.05) is 0 Å². The molecule has 1 N–H and O–H groups in total. The summed E-state index contributed by atoms with van der Waals surface area (Å²) in [5.74, 6) is 0. The predicted octanol–water partition coefficient (Wildman–Crippen LogP) is 3.86. The lowest BCUT2D eigenvalue weighted by Gasteiger charge is -2.15. The zero-order chi connectivity index (χ0) is 15.1. The van der Waals surface area contributed by atoms with E-state index in [1.165, 1.54) is 23.2 Å². The first-order valence-corrected chi connectivity index (χ1v) is 7.69. The average molecular weight is 282 g/mol. The SMILES string of the molecule is C[C@H](CCc1ccccc1)NCc1ccc(N(C)C)cc1. The van der Waals surface area contributed by atoms with Crippen molar-refractivity contribution in [2.45, 2.75) is 32.4 Å². The molecule has 0 saturated heterocycles. The first-order chi connectivity index (χ1) is 10.1. The molecule has 0 aliphatic heterocycles. The van der Waals surface area contributed by atoms with Gasteiger partial charge in [-0.1, -0.05) is 42.5 Å². The third-order valence-corrected chi connectivity index (χ3v) is 3.82. The fraction of sp³-hybridized carbons (Fsp3) is 0.368. The molecule has 0 aromatic heterocycles. The summed E-state index contributed by atoms with van der Waals surface area (Å²) in [7, 11) is 4.14. The molecule has 2 heteroatoms. The van der Waals surface area contributed by atoms with Gasteiger partial charge in [0.05, 0.1) is 0 Å². The van der Waals surface area contributed by atoms with Crippen molar-refractivity contribution in [2.24, 2.45) is 0 Å². The maximum Gasteiger partial charge on any atom is 0.0361 e. The van der Waals surface area contributed by atoms with Crippen molar-refractivity contribution in [1.29, 1.82) is 0 Å². The molecule has 0 aliphatic rings. The fourth-order valence-electron chi connectivity index (χ4n) is 2.33. The van der Waals surface area contributed by atoms with Gasteiger partial charge < -0.3 is 10.2 Å². The van der Waals surface area contributed by atoms with E-state index in [1.54, 1.807) is 0 Å². The van der Waals surface area contributed by atoms with E-state index in [9.17, 15) is 0 Å². The molecule has 1 atom stereocenters. The van der Waals surface area contributed by atoms with Gasteiger partial charge in [-0.3, -0.25) is 0 Å². The number of nitrogens with one attached hydrogen (secondary N) is 1. The number of hydrogen-bond donors (Lipinski definition) is 1. The Kier molecular flexibility index (Phi) is 5.82. The van der Waals surface area contributed by atoms with Crippen LogP contribution in [-0.4, -0.2) is 20.1 Å². The highest BCUT2D eigenvalue weighted by Crippen LogP contribution is 2.12. The van der Waals surface area contributed by atoms with Gasteiger partial charge in [0.25, 0.3) is 0 Å². The molecule has 2 aromatic rings. The molecule has 21 heavy (non-hydrogen) atoms. The van der Waals surface area contributed by atoms with Gasteiger partial charge in [0.2, 0.25) is 0 Å². The molecule has 2 aromatic carbocycles. The third-order valence-electron chi connectivity index (χ3n) is 3.82. The van der Waals surface area contributed by atoms with Gasteiger partial charge in [-0.15, -0.1) is 0 Å². The van der Waals surface area contributed by atoms with Crippen molar-refractivity contribution in [3.63, 3.8) is 0 Å². The lowest BCUT2D eigenvalue weighted by atomic mass is 10.1. The topological polar surface area (TPSA) is 15.3 Å². The summed E-state index contributed by atoms with van der Waals surface area (Å²) in [6.07, 6.45) is 2.30. The minimum absolute atomic E-state index is 0.527. The van der Waals surface area contributed by atoms with Gasteiger partial charge in [-0.05, 0) is 43.0 Å². The Morgan fingerprint density at radius 3 is 2.19 bits per heavy atom. The lowest BCUT2D eigenvalue weighted by molar-refractivity contribution is 0.514. The van der Waals surface area contributed by atoms with Crippen LogP contribution < -0.4 is 10.2 Å². The summed E-state index contributed by atoms with van der Waals surface area (Å²) >= 11 is 0. The molecule has 0 fully saturated rings. The normalized spacial score (nSPS) is 12.1. The van der Waals surface area contributed by atoms with E-state index >= 15 is 0 Å². The zero-order valence-electron chi connectivity index (χ0n) is 13.3. The van der Waals surface area contributed by atoms with E-state index in [2.05, 4.69) is 85.8 Å². The van der Waals surface area contributed by atoms with Crippen LogP contribution in [0.3, 0.4) is 0 Å². The number of aryl methyl sites for hydroxylation is 1. The summed E-state index contributed by atoms with van der Waals surface area (Å²) < 4.78 is 0. The standard InChI is InChI=1S/C19H26N2/c1-16(9-10-17-7-5-4-6-8-17)20-15-18-11-13-19(14-12-18)21(2)3/h4-8,11-14,16,20H,9-10,15H2,1-3H3/t16-/m1/s1. The molecular formula is C19H26N2. The minimum atomic E-state index is 0.527. The highest BCUT2D eigenvalue weighted by atomic mass is 15.1. The quantitative estimate of drug-likeness (QED) is 0.829. The van der Waals surface area contributed by atoms with Gasteiger partial charge >= 0.3 is 0 Å². The third kappa shape index (κ3) is 5.24. The van der Waals surface area contributed by atoms with Gasteiger partial charge in [-0.25, -0.2) is 0 Å². The predicted molar refractivity (Wildman–Crippen MR) is 91.8 cm³/mol. The highest BCUT2D eigenvalue weighted by molar-refractivity contribution is 5.45. The van der Waals surface area contributed by atoms with Gasteiger partial charge in [0, 0.05) is 32.4 Å². The molecule has 0 amide bonds. The van der Waals surface area contributed by atoms with Crippen molar-refractivity contribution >= 4 is 5.69 Å². The molecule has 0 saturated carbocycles. The molecule has 112 valence electrons. The average Bonchev–Trinajstić information content (AvgIpc) is 2.52. The lowest BCUT2D eigenvalue weighted by Crippen LogP contribution is -2.26. The summed E-state index contributed by atoms with van der Waals surface area (Å²) in [6.45, 7) is 3.20. The van der Waals surface area contributed by atoms with Gasteiger partial charge in [0.15, 0.2) is 0 Å². The van der Waals surface area contributed by atoms with Crippen LogP contribution in [0.5, 0.6) is 0 Å². The van der Waals surface area contributed by atoms with Crippen molar-refractivity contribution in [1.82, 2.24) is 5.32 Å². The van der Waals surface area contributed by atoms with Crippen LogP contribution >= 0.6 is 0 Å². The second-order valence-electron chi connectivity index (χ2n) is 5.87. The Labute approximate surface area is 128 Å². The summed E-state index contributed by atoms with van der Waals surface area (Å²) in [5.41, 5.74) is 4.00. The molecule has 0 radical (unpaired) electrons. The maximum atomic E-state index is 3.60. The van der Waals surface area contributed by atoms with Crippen LogP contribution in [0.4, 0.5) is 5.69 Å². The Morgan fingerprint density at radius 1 is 0.905 bits per heavy atom. The molecule has 2 rings (SSSR count). The zero-order valence-corrected chi connectivity index (χ0v) is 13.3. The van der Waals surface area contributed by atoms with Crippen molar-refractivity contribution in [3.8, 4) is 0 Å². The van der Waals surface area contributed by atoms with Gasteiger partial charge in [-0.2, -0.15) is 0 Å². The highest BCUT2D eigenvalue weighted by Gasteiger charge is 2.03. The summed E-state index contributed by atoms with van der Waals surface area (Å²) in [6, 6.07) is 20.0. The van der Waals surface area contributed by atoms with E-state index in [4.69, 9.17) is 0 Å². The molecule has 0 heterocycles. The Morgan fingerprint density at radius 2 is 1.57 bits per heavy atom. The van der Waals surface area contributed by atoms with Crippen LogP contribution in [0.25, 0.3) is 0 Å². The number of nitrogens with zero attached hydrogens (tertiary/aromatic N) is 1. The van der Waals surface area contributed by atoms with Crippen LogP contribution in [0.15, 0.2) is 54.6 Å². The number of hydrogen-bond acceptors (Lipinski definition) is 2. The largest absolute Gasteiger partial charge is 0.378 e. The van der Waals surface area contributed by atoms with Crippen molar-refractivity contribution in [2.75, 3.05) is 19.0 Å². The van der Waals surface area contributed by atoms with Crippen molar-refractivity contribution in [3.05, 3.63) is 65.7 Å². The molecule has 0 unspecified atom stereocenters. The second kappa shape index (κ2) is 7.84. The monoisotopic (exact) mass is 282 g/mol. The molecule has 0 bridgehead atoms. The maximum absolute atomic E-state index is 3.60. The van der Waals surface area contributed by atoms with Gasteiger partial charge in [0.1, 0.15) is 0 Å². The number of anilines is 1. The second-order valence-corrected chi connectivity index (χ2v) is 5.87. The van der Waals surface area contributed by atoms with E-state index in [0.717, 1.165) is 13.0 Å². The van der Waals surface area contributed by atoms with Crippen LogP contribution in [0, 0.1) is 0 Å². The Bertz CT molecular complexity index is 517. The molecule has 0 aliphatic carbocycles. The molecule has 0 spiro atoms. The molecular weight excluding hydrogens is 256 g/mol. The number of rotatable bonds is 7. The van der Waals surface area contributed by atoms with Crippen molar-refractivity contribution < 1.29 is 0 Å². The summed E-state index contributed by atoms with van der Waals surface area (Å²) in [5, 5.41) is 3.60. The van der Waals surface area contributed by atoms with E-state index < -0.39 is 0 Å². The Hall–Kier alpha value is -1.80. The fourth-order valence-corrected chi connectivity index (χ4v) is 2.33. The molecule has 2 nitrogen and oxygen atoms in total. The van der Waals surface area contributed by atoms with Crippen LogP contribution in [0.1, 0.15) is 24.5 Å². The van der Waals surface area contributed by atoms with E-state index in [-0.39, 0.29) is 0 Å². The van der Waals surface area contributed by atoms with Crippen LogP contribution in [0.2, 0.25) is 0 Å². The van der Waals surface area contributed by atoms with E-state index in [0.29, 0.717) is 6.04 Å². The first-order valence-electron chi connectivity index (χ1n) is 7.69. The first kappa shape index (κ1) is 15.6. The Balaban J connectivity index is 1.74. The summed E-state index contributed by atoms with van der Waals surface area (Å²) in [4.78, 5) is 2.12. The minimum Gasteiger partial charge on any atom is -0.378 e. The van der Waals surface area contributed by atoms with Crippen LogP contribution in [-0.2, 0) is 13.0 Å². The number of benzene rings is 2. The smallest absolute Gasteiger partial charge is 0.0361 e.